The summed E-state index contributed by atoms with van der Waals surface area (Å²) < 4.78 is 1.52. The Hall–Kier alpha value is -1.68. The first kappa shape index (κ1) is 9.86. The maximum absolute atomic E-state index is 11.9. The van der Waals surface area contributed by atoms with Crippen molar-refractivity contribution in [2.45, 2.75) is 0 Å². The summed E-state index contributed by atoms with van der Waals surface area (Å²) in [5, 5.41) is 4.30. The monoisotopic (exact) mass is 221 g/mol. The van der Waals surface area contributed by atoms with E-state index < -0.39 is 0 Å². The minimum Gasteiger partial charge on any atom is -0.287 e. The van der Waals surface area contributed by atoms with Crippen LogP contribution in [0.1, 0.15) is 16.1 Å². The Bertz CT molecular complexity index is 490. The van der Waals surface area contributed by atoms with Crippen LogP contribution in [0.2, 0.25) is 5.15 Å². The van der Waals surface area contributed by atoms with Crippen LogP contribution in [0.5, 0.6) is 0 Å². The molecule has 2 aromatic heterocycles. The second-order valence-electron chi connectivity index (χ2n) is 3.04. The molecule has 0 atom stereocenters. The molecule has 0 fully saturated rings. The predicted molar refractivity (Wildman–Crippen MR) is 55.9 cm³/mol. The van der Waals surface area contributed by atoms with Gasteiger partial charge in [0, 0.05) is 25.0 Å². The Kier molecular flexibility index (Phi) is 2.51. The Morgan fingerprint density at radius 3 is 2.73 bits per heavy atom. The fraction of sp³-hybridized carbons (Fsp3) is 0.100. The quantitative estimate of drug-likeness (QED) is 0.573. The van der Waals surface area contributed by atoms with E-state index in [-0.39, 0.29) is 5.78 Å². The van der Waals surface area contributed by atoms with Crippen LogP contribution in [-0.4, -0.2) is 20.5 Å². The number of carbonyl (C=O) groups is 1. The second kappa shape index (κ2) is 3.82. The van der Waals surface area contributed by atoms with E-state index in [0.29, 0.717) is 16.4 Å². The van der Waals surface area contributed by atoms with Gasteiger partial charge >= 0.3 is 0 Å². The Morgan fingerprint density at radius 2 is 2.20 bits per heavy atom. The van der Waals surface area contributed by atoms with E-state index in [1.54, 1.807) is 31.4 Å². The van der Waals surface area contributed by atoms with E-state index in [0.717, 1.165) is 0 Å². The molecule has 0 amide bonds. The van der Waals surface area contributed by atoms with Gasteiger partial charge in [-0.2, -0.15) is 5.10 Å². The van der Waals surface area contributed by atoms with Crippen molar-refractivity contribution in [2.24, 2.45) is 7.05 Å². The molecule has 0 aromatic carbocycles. The van der Waals surface area contributed by atoms with Crippen molar-refractivity contribution in [1.82, 2.24) is 14.8 Å². The summed E-state index contributed by atoms with van der Waals surface area (Å²) in [7, 11) is 1.72. The highest BCUT2D eigenvalue weighted by Crippen LogP contribution is 2.10. The Balaban J connectivity index is 2.37. The number of carbonyl (C=O) groups excluding carboxylic acids is 1. The minimum atomic E-state index is -0.112. The van der Waals surface area contributed by atoms with E-state index >= 15 is 0 Å². The van der Waals surface area contributed by atoms with Gasteiger partial charge in [-0.25, -0.2) is 4.98 Å². The minimum absolute atomic E-state index is 0.112. The van der Waals surface area contributed by atoms with E-state index in [2.05, 4.69) is 10.1 Å². The van der Waals surface area contributed by atoms with Crippen molar-refractivity contribution in [2.75, 3.05) is 0 Å². The molecule has 2 heterocycles. The number of hydrogen-bond donors (Lipinski definition) is 0. The first-order valence-corrected chi connectivity index (χ1v) is 4.70. The van der Waals surface area contributed by atoms with Gasteiger partial charge in [0.1, 0.15) is 10.8 Å². The lowest BCUT2D eigenvalue weighted by atomic mass is 10.1. The van der Waals surface area contributed by atoms with Gasteiger partial charge in [0.25, 0.3) is 0 Å². The molecule has 0 unspecified atom stereocenters. The topological polar surface area (TPSA) is 47.8 Å². The molecule has 0 radical (unpaired) electrons. The number of pyridine rings is 1. The molecule has 0 aliphatic carbocycles. The highest BCUT2D eigenvalue weighted by Gasteiger charge is 2.12. The standard InChI is InChI=1S/C10H8ClN3O/c1-14-8(4-5-13-14)10(15)7-2-3-9(11)12-6-7/h2-6H,1H3. The van der Waals surface area contributed by atoms with Crippen molar-refractivity contribution < 1.29 is 4.79 Å². The summed E-state index contributed by atoms with van der Waals surface area (Å²) in [4.78, 5) is 15.8. The van der Waals surface area contributed by atoms with Crippen molar-refractivity contribution in [3.05, 3.63) is 47.0 Å². The predicted octanol–water partition coefficient (Wildman–Crippen LogP) is 1.70. The summed E-state index contributed by atoms with van der Waals surface area (Å²) in [5.74, 6) is -0.112. The largest absolute Gasteiger partial charge is 0.287 e. The molecule has 0 bridgehead atoms. The number of aryl methyl sites for hydroxylation is 1. The fourth-order valence-electron chi connectivity index (χ4n) is 1.25. The fourth-order valence-corrected chi connectivity index (χ4v) is 1.37. The summed E-state index contributed by atoms with van der Waals surface area (Å²) in [5.41, 5.74) is 1.03. The SMILES string of the molecule is Cn1nccc1C(=O)c1ccc(Cl)nc1. The molecule has 0 N–H and O–H groups in total. The number of nitrogens with zero attached hydrogens (tertiary/aromatic N) is 3. The molecule has 0 aliphatic rings. The van der Waals surface area contributed by atoms with Gasteiger partial charge in [0.05, 0.1) is 0 Å². The van der Waals surface area contributed by atoms with Crippen LogP contribution in [0.4, 0.5) is 0 Å². The number of hydrogen-bond acceptors (Lipinski definition) is 3. The average Bonchev–Trinajstić information content (AvgIpc) is 2.65. The molecule has 0 spiro atoms. The van der Waals surface area contributed by atoms with Gasteiger partial charge in [-0.1, -0.05) is 11.6 Å². The molecule has 5 heteroatoms. The van der Waals surface area contributed by atoms with Crippen LogP contribution < -0.4 is 0 Å². The first-order chi connectivity index (χ1) is 7.18. The lowest BCUT2D eigenvalue weighted by Gasteiger charge is -2.00. The summed E-state index contributed by atoms with van der Waals surface area (Å²) in [6, 6.07) is 4.90. The van der Waals surface area contributed by atoms with Gasteiger partial charge in [0.15, 0.2) is 0 Å². The molecular formula is C10H8ClN3O. The average molecular weight is 222 g/mol. The summed E-state index contributed by atoms with van der Waals surface area (Å²) in [6.07, 6.45) is 3.04. The van der Waals surface area contributed by atoms with E-state index in [4.69, 9.17) is 11.6 Å². The molecule has 2 rings (SSSR count). The van der Waals surface area contributed by atoms with E-state index in [1.165, 1.54) is 10.9 Å². The smallest absolute Gasteiger partial charge is 0.212 e. The van der Waals surface area contributed by atoms with Crippen LogP contribution in [0.25, 0.3) is 0 Å². The van der Waals surface area contributed by atoms with Crippen LogP contribution in [0.15, 0.2) is 30.6 Å². The van der Waals surface area contributed by atoms with Crippen molar-refractivity contribution >= 4 is 17.4 Å². The summed E-state index contributed by atoms with van der Waals surface area (Å²) >= 11 is 5.63. The molecule has 4 nitrogen and oxygen atoms in total. The van der Waals surface area contributed by atoms with Crippen LogP contribution >= 0.6 is 11.6 Å². The zero-order chi connectivity index (χ0) is 10.8. The van der Waals surface area contributed by atoms with E-state index in [9.17, 15) is 4.79 Å². The number of halogens is 1. The molecule has 0 aliphatic heterocycles. The zero-order valence-corrected chi connectivity index (χ0v) is 8.77. The second-order valence-corrected chi connectivity index (χ2v) is 3.43. The molecule has 2 aromatic rings. The molecule has 0 saturated heterocycles. The maximum Gasteiger partial charge on any atom is 0.212 e. The third-order valence-corrected chi connectivity index (χ3v) is 2.27. The summed E-state index contributed by atoms with van der Waals surface area (Å²) in [6.45, 7) is 0. The zero-order valence-electron chi connectivity index (χ0n) is 8.01. The van der Waals surface area contributed by atoms with Crippen LogP contribution in [0, 0.1) is 0 Å². The number of rotatable bonds is 2. The van der Waals surface area contributed by atoms with Gasteiger partial charge < -0.3 is 0 Å². The molecule has 76 valence electrons. The highest BCUT2D eigenvalue weighted by molar-refractivity contribution is 6.29. The van der Waals surface area contributed by atoms with Crippen molar-refractivity contribution in [3.63, 3.8) is 0 Å². The molecule has 15 heavy (non-hydrogen) atoms. The number of aromatic nitrogens is 3. The van der Waals surface area contributed by atoms with E-state index in [1.807, 2.05) is 0 Å². The van der Waals surface area contributed by atoms with Gasteiger partial charge in [0.2, 0.25) is 5.78 Å². The van der Waals surface area contributed by atoms with Crippen LogP contribution in [0.3, 0.4) is 0 Å². The third kappa shape index (κ3) is 1.89. The normalized spacial score (nSPS) is 10.3. The lowest BCUT2D eigenvalue weighted by Crippen LogP contribution is -2.08. The van der Waals surface area contributed by atoms with Gasteiger partial charge in [-0.15, -0.1) is 0 Å². The Morgan fingerprint density at radius 1 is 1.40 bits per heavy atom. The maximum atomic E-state index is 11.9. The Labute approximate surface area is 91.5 Å². The van der Waals surface area contributed by atoms with Gasteiger partial charge in [-0.3, -0.25) is 9.48 Å². The van der Waals surface area contributed by atoms with Gasteiger partial charge in [-0.05, 0) is 18.2 Å². The molecule has 0 saturated carbocycles. The third-order valence-electron chi connectivity index (χ3n) is 2.04. The van der Waals surface area contributed by atoms with Crippen LogP contribution in [-0.2, 0) is 7.05 Å². The first-order valence-electron chi connectivity index (χ1n) is 4.33. The molecular weight excluding hydrogens is 214 g/mol. The van der Waals surface area contributed by atoms with Crippen molar-refractivity contribution in [1.29, 1.82) is 0 Å². The van der Waals surface area contributed by atoms with Crippen molar-refractivity contribution in [3.8, 4) is 0 Å². The number of ketones is 1. The highest BCUT2D eigenvalue weighted by atomic mass is 35.5. The lowest BCUT2D eigenvalue weighted by molar-refractivity contribution is 0.103.